The molecule has 0 spiro atoms. The van der Waals surface area contributed by atoms with Gasteiger partial charge in [-0.2, -0.15) is 0 Å². The molecule has 1 aliphatic rings. The van der Waals surface area contributed by atoms with Crippen molar-refractivity contribution < 1.29 is 4.79 Å². The SMILES string of the molecule is C=CC(C)=NC1CCN(C(=O)CC)CC1. The Labute approximate surface area is 91.9 Å². The van der Waals surface area contributed by atoms with E-state index >= 15 is 0 Å². The maximum absolute atomic E-state index is 11.4. The Morgan fingerprint density at radius 3 is 2.60 bits per heavy atom. The molecule has 0 unspecified atom stereocenters. The fourth-order valence-electron chi connectivity index (χ4n) is 1.81. The lowest BCUT2D eigenvalue weighted by atomic mass is 10.1. The zero-order chi connectivity index (χ0) is 11.3. The molecule has 1 saturated heterocycles. The van der Waals surface area contributed by atoms with Crippen LogP contribution in [0.3, 0.4) is 0 Å². The molecule has 0 aliphatic carbocycles. The molecule has 1 amide bonds. The Kier molecular flexibility index (Phi) is 4.53. The number of rotatable bonds is 3. The van der Waals surface area contributed by atoms with Gasteiger partial charge in [-0.3, -0.25) is 9.79 Å². The molecular weight excluding hydrogens is 188 g/mol. The highest BCUT2D eigenvalue weighted by atomic mass is 16.2. The number of hydrogen-bond acceptors (Lipinski definition) is 2. The van der Waals surface area contributed by atoms with Gasteiger partial charge in [0.25, 0.3) is 0 Å². The van der Waals surface area contributed by atoms with Crippen molar-refractivity contribution in [2.45, 2.75) is 39.2 Å². The van der Waals surface area contributed by atoms with Crippen LogP contribution in [0.1, 0.15) is 33.1 Å². The van der Waals surface area contributed by atoms with E-state index in [0.717, 1.165) is 31.6 Å². The monoisotopic (exact) mass is 208 g/mol. The maximum Gasteiger partial charge on any atom is 0.222 e. The van der Waals surface area contributed by atoms with Crippen LogP contribution in [0.25, 0.3) is 0 Å². The van der Waals surface area contributed by atoms with Crippen molar-refractivity contribution >= 4 is 11.6 Å². The lowest BCUT2D eigenvalue weighted by Crippen LogP contribution is -2.39. The highest BCUT2D eigenvalue weighted by Crippen LogP contribution is 2.14. The van der Waals surface area contributed by atoms with Crippen LogP contribution >= 0.6 is 0 Å². The lowest BCUT2D eigenvalue weighted by Gasteiger charge is -2.30. The molecule has 0 radical (unpaired) electrons. The Hall–Kier alpha value is -1.12. The number of piperidine rings is 1. The third kappa shape index (κ3) is 3.50. The van der Waals surface area contributed by atoms with Gasteiger partial charge >= 0.3 is 0 Å². The number of amides is 1. The largest absolute Gasteiger partial charge is 0.343 e. The van der Waals surface area contributed by atoms with Gasteiger partial charge in [-0.1, -0.05) is 13.5 Å². The zero-order valence-electron chi connectivity index (χ0n) is 9.70. The van der Waals surface area contributed by atoms with E-state index in [1.54, 1.807) is 6.08 Å². The maximum atomic E-state index is 11.4. The van der Waals surface area contributed by atoms with E-state index in [0.29, 0.717) is 12.5 Å². The van der Waals surface area contributed by atoms with Crippen molar-refractivity contribution in [1.29, 1.82) is 0 Å². The Bertz CT molecular complexity index is 263. The molecule has 1 rings (SSSR count). The van der Waals surface area contributed by atoms with Crippen molar-refractivity contribution in [2.24, 2.45) is 4.99 Å². The number of hydrogen-bond donors (Lipinski definition) is 0. The van der Waals surface area contributed by atoms with Crippen LogP contribution in [0.15, 0.2) is 17.6 Å². The molecule has 0 saturated carbocycles. The molecule has 1 fully saturated rings. The van der Waals surface area contributed by atoms with E-state index in [9.17, 15) is 4.79 Å². The summed E-state index contributed by atoms with van der Waals surface area (Å²) >= 11 is 0. The molecule has 84 valence electrons. The van der Waals surface area contributed by atoms with Crippen LogP contribution < -0.4 is 0 Å². The van der Waals surface area contributed by atoms with E-state index in [1.807, 2.05) is 18.7 Å². The molecule has 3 heteroatoms. The van der Waals surface area contributed by atoms with Gasteiger partial charge in [0.15, 0.2) is 0 Å². The highest BCUT2D eigenvalue weighted by Gasteiger charge is 2.20. The van der Waals surface area contributed by atoms with Crippen molar-refractivity contribution in [1.82, 2.24) is 4.90 Å². The van der Waals surface area contributed by atoms with Gasteiger partial charge in [0, 0.05) is 25.2 Å². The summed E-state index contributed by atoms with van der Waals surface area (Å²) in [6, 6.07) is 0.379. The van der Waals surface area contributed by atoms with Gasteiger partial charge in [0.2, 0.25) is 5.91 Å². The first-order valence-corrected chi connectivity index (χ1v) is 5.62. The average Bonchev–Trinajstić information content (AvgIpc) is 2.29. The summed E-state index contributed by atoms with van der Waals surface area (Å²) in [5.74, 6) is 0.262. The molecule has 0 atom stereocenters. The van der Waals surface area contributed by atoms with E-state index < -0.39 is 0 Å². The van der Waals surface area contributed by atoms with Gasteiger partial charge in [-0.05, 0) is 25.8 Å². The third-order valence-electron chi connectivity index (χ3n) is 2.80. The van der Waals surface area contributed by atoms with Crippen LogP contribution in [0.4, 0.5) is 0 Å². The van der Waals surface area contributed by atoms with E-state index in [-0.39, 0.29) is 5.91 Å². The number of aliphatic imine (C=N–C) groups is 1. The first-order valence-electron chi connectivity index (χ1n) is 5.62. The fraction of sp³-hybridized carbons (Fsp3) is 0.667. The quantitative estimate of drug-likeness (QED) is 0.653. The number of likely N-dealkylation sites (tertiary alicyclic amines) is 1. The number of carbonyl (C=O) groups is 1. The summed E-state index contributed by atoms with van der Waals surface area (Å²) < 4.78 is 0. The summed E-state index contributed by atoms with van der Waals surface area (Å²) in [5, 5.41) is 0. The smallest absolute Gasteiger partial charge is 0.222 e. The van der Waals surface area contributed by atoms with Crippen LogP contribution in [0.2, 0.25) is 0 Å². The first kappa shape index (κ1) is 12.0. The fourth-order valence-corrected chi connectivity index (χ4v) is 1.81. The molecule has 0 aromatic heterocycles. The standard InChI is InChI=1S/C12H20N2O/c1-4-10(3)13-11-6-8-14(9-7-11)12(15)5-2/h4,11H,1,5-9H2,2-3H3. The minimum Gasteiger partial charge on any atom is -0.343 e. The van der Waals surface area contributed by atoms with E-state index in [1.165, 1.54) is 0 Å². The highest BCUT2D eigenvalue weighted by molar-refractivity contribution is 5.92. The molecule has 1 aliphatic heterocycles. The zero-order valence-corrected chi connectivity index (χ0v) is 9.70. The Balaban J connectivity index is 2.42. The van der Waals surface area contributed by atoms with Crippen LogP contribution in [-0.4, -0.2) is 35.7 Å². The summed E-state index contributed by atoms with van der Waals surface area (Å²) in [5.41, 5.74) is 0.996. The summed E-state index contributed by atoms with van der Waals surface area (Å²) in [6.07, 6.45) is 4.36. The Morgan fingerprint density at radius 1 is 1.53 bits per heavy atom. The first-order chi connectivity index (χ1) is 7.17. The molecule has 15 heavy (non-hydrogen) atoms. The minimum atomic E-state index is 0.262. The van der Waals surface area contributed by atoms with Crippen LogP contribution in [0.5, 0.6) is 0 Å². The molecule has 0 aromatic carbocycles. The average molecular weight is 208 g/mol. The summed E-state index contributed by atoms with van der Waals surface area (Å²) in [7, 11) is 0. The summed E-state index contributed by atoms with van der Waals surface area (Å²) in [6.45, 7) is 9.27. The molecule has 1 heterocycles. The summed E-state index contributed by atoms with van der Waals surface area (Å²) in [4.78, 5) is 17.9. The second-order valence-corrected chi connectivity index (χ2v) is 3.94. The van der Waals surface area contributed by atoms with E-state index in [2.05, 4.69) is 11.6 Å². The van der Waals surface area contributed by atoms with Crippen LogP contribution in [0, 0.1) is 0 Å². The van der Waals surface area contributed by atoms with Crippen molar-refractivity contribution in [2.75, 3.05) is 13.1 Å². The minimum absolute atomic E-state index is 0.262. The predicted molar refractivity (Wildman–Crippen MR) is 63.2 cm³/mol. The molecule has 0 N–H and O–H groups in total. The molecular formula is C12H20N2O. The number of allylic oxidation sites excluding steroid dienone is 1. The van der Waals surface area contributed by atoms with Gasteiger partial charge in [0.05, 0.1) is 6.04 Å². The van der Waals surface area contributed by atoms with Gasteiger partial charge in [0.1, 0.15) is 0 Å². The number of carbonyl (C=O) groups excluding carboxylic acids is 1. The van der Waals surface area contributed by atoms with Gasteiger partial charge < -0.3 is 4.90 Å². The van der Waals surface area contributed by atoms with Crippen molar-refractivity contribution in [3.8, 4) is 0 Å². The molecule has 0 bridgehead atoms. The van der Waals surface area contributed by atoms with Gasteiger partial charge in [-0.25, -0.2) is 0 Å². The number of nitrogens with zero attached hydrogens (tertiary/aromatic N) is 2. The third-order valence-corrected chi connectivity index (χ3v) is 2.80. The van der Waals surface area contributed by atoms with Gasteiger partial charge in [-0.15, -0.1) is 0 Å². The van der Waals surface area contributed by atoms with Crippen LogP contribution in [-0.2, 0) is 4.79 Å². The van der Waals surface area contributed by atoms with Crippen molar-refractivity contribution in [3.63, 3.8) is 0 Å². The lowest BCUT2D eigenvalue weighted by molar-refractivity contribution is -0.131. The topological polar surface area (TPSA) is 32.7 Å². The normalized spacial score (nSPS) is 19.1. The second-order valence-electron chi connectivity index (χ2n) is 3.94. The van der Waals surface area contributed by atoms with Crippen molar-refractivity contribution in [3.05, 3.63) is 12.7 Å². The predicted octanol–water partition coefficient (Wildman–Crippen LogP) is 2.03. The molecule has 0 aromatic rings. The Morgan fingerprint density at radius 2 is 2.13 bits per heavy atom. The second kappa shape index (κ2) is 5.69. The molecule has 3 nitrogen and oxygen atoms in total. The van der Waals surface area contributed by atoms with E-state index in [4.69, 9.17) is 0 Å².